The zero-order valence-electron chi connectivity index (χ0n) is 15.1. The highest BCUT2D eigenvalue weighted by Gasteiger charge is 2.15. The van der Waals surface area contributed by atoms with E-state index in [-0.39, 0.29) is 4.90 Å². The van der Waals surface area contributed by atoms with Crippen molar-refractivity contribution in [1.29, 1.82) is 5.26 Å². The molecule has 0 aliphatic rings. The van der Waals surface area contributed by atoms with Gasteiger partial charge in [-0.05, 0) is 36.4 Å². The minimum atomic E-state index is -3.75. The molecular formula is C22H15N3O2S2. The highest BCUT2D eigenvalue weighted by molar-refractivity contribution is 7.92. The normalized spacial score (nSPS) is 11.0. The topological polar surface area (TPSA) is 82.8 Å². The third-order valence-corrected chi connectivity index (χ3v) is 6.52. The predicted octanol–water partition coefficient (Wildman–Crippen LogP) is 5.15. The number of benzene rings is 3. The van der Waals surface area contributed by atoms with Crippen molar-refractivity contribution in [2.75, 3.05) is 4.72 Å². The van der Waals surface area contributed by atoms with Crippen LogP contribution in [-0.4, -0.2) is 13.4 Å². The van der Waals surface area contributed by atoms with Crippen LogP contribution in [0.25, 0.3) is 21.8 Å². The Morgan fingerprint density at radius 1 is 0.897 bits per heavy atom. The third-order valence-electron chi connectivity index (χ3n) is 4.23. The molecule has 0 saturated heterocycles. The molecule has 4 aromatic rings. The van der Waals surface area contributed by atoms with Crippen molar-refractivity contribution in [2.24, 2.45) is 0 Å². The van der Waals surface area contributed by atoms with Crippen LogP contribution in [0, 0.1) is 11.3 Å². The highest BCUT2D eigenvalue weighted by Crippen LogP contribution is 2.30. The molecule has 142 valence electrons. The molecule has 0 bridgehead atoms. The lowest BCUT2D eigenvalue weighted by Crippen LogP contribution is -2.12. The number of sulfonamides is 1. The van der Waals surface area contributed by atoms with Gasteiger partial charge in [0.05, 0.1) is 22.2 Å². The van der Waals surface area contributed by atoms with Crippen LogP contribution in [0.5, 0.6) is 0 Å². The Bertz CT molecular complexity index is 1290. The second-order valence-electron chi connectivity index (χ2n) is 6.23. The first-order valence-corrected chi connectivity index (χ1v) is 11.1. The van der Waals surface area contributed by atoms with Crippen LogP contribution in [0.1, 0.15) is 5.56 Å². The van der Waals surface area contributed by atoms with Crippen molar-refractivity contribution in [3.05, 3.63) is 89.8 Å². The summed E-state index contributed by atoms with van der Waals surface area (Å²) >= 11 is 1.54. The number of nitrogens with zero attached hydrogens (tertiary/aromatic N) is 2. The van der Waals surface area contributed by atoms with Crippen molar-refractivity contribution in [3.63, 3.8) is 0 Å². The number of hydrogen-bond donors (Lipinski definition) is 1. The molecule has 4 rings (SSSR count). The summed E-state index contributed by atoms with van der Waals surface area (Å²) < 4.78 is 27.8. The predicted molar refractivity (Wildman–Crippen MR) is 115 cm³/mol. The number of anilines is 1. The quantitative estimate of drug-likeness (QED) is 0.487. The Morgan fingerprint density at radius 2 is 1.62 bits per heavy atom. The molecule has 1 N–H and O–H groups in total. The lowest BCUT2D eigenvalue weighted by molar-refractivity contribution is 0.601. The minimum Gasteiger partial charge on any atom is -0.280 e. The van der Waals surface area contributed by atoms with Crippen LogP contribution in [0.2, 0.25) is 0 Å². The minimum absolute atomic E-state index is 0.0990. The summed E-state index contributed by atoms with van der Waals surface area (Å²) in [4.78, 5) is 4.78. The van der Waals surface area contributed by atoms with Crippen LogP contribution in [-0.2, 0) is 10.0 Å². The number of thiazole rings is 1. The fraction of sp³-hybridized carbons (Fsp3) is 0. The molecule has 0 saturated carbocycles. The van der Waals surface area contributed by atoms with Crippen LogP contribution >= 0.6 is 11.3 Å². The monoisotopic (exact) mass is 417 g/mol. The molecule has 0 spiro atoms. The number of nitrogens with one attached hydrogen (secondary N) is 1. The van der Waals surface area contributed by atoms with Crippen molar-refractivity contribution in [2.45, 2.75) is 4.90 Å². The van der Waals surface area contributed by atoms with E-state index < -0.39 is 10.0 Å². The standard InChI is InChI=1S/C22H15N3O2S2/c23-14-16-9-11-20(12-10-16)29(26,27)25-19-8-4-7-18(13-19)21-15-28-22(24-21)17-5-2-1-3-6-17/h1-13,15,25H. The zero-order valence-corrected chi connectivity index (χ0v) is 16.7. The largest absolute Gasteiger partial charge is 0.280 e. The molecule has 1 aromatic heterocycles. The van der Waals surface area contributed by atoms with E-state index in [2.05, 4.69) is 9.71 Å². The lowest BCUT2D eigenvalue weighted by atomic mass is 10.1. The smallest absolute Gasteiger partial charge is 0.261 e. The Labute approximate surface area is 173 Å². The number of nitriles is 1. The average Bonchev–Trinajstić information content (AvgIpc) is 3.25. The van der Waals surface area contributed by atoms with Gasteiger partial charge in [-0.25, -0.2) is 13.4 Å². The molecule has 0 atom stereocenters. The second-order valence-corrected chi connectivity index (χ2v) is 8.77. The summed E-state index contributed by atoms with van der Waals surface area (Å²) in [5.74, 6) is 0. The first kappa shape index (κ1) is 18.9. The maximum atomic E-state index is 12.6. The molecule has 5 nitrogen and oxygen atoms in total. The van der Waals surface area contributed by atoms with Gasteiger partial charge in [-0.15, -0.1) is 11.3 Å². The van der Waals surface area contributed by atoms with Gasteiger partial charge in [0, 0.05) is 22.2 Å². The fourth-order valence-corrected chi connectivity index (χ4v) is 4.67. The van der Waals surface area contributed by atoms with Gasteiger partial charge in [-0.3, -0.25) is 4.72 Å². The zero-order chi connectivity index (χ0) is 20.3. The molecule has 7 heteroatoms. The summed E-state index contributed by atoms with van der Waals surface area (Å²) in [7, 11) is -3.75. The van der Waals surface area contributed by atoms with E-state index in [4.69, 9.17) is 5.26 Å². The van der Waals surface area contributed by atoms with E-state index in [0.717, 1.165) is 21.8 Å². The van der Waals surface area contributed by atoms with Crippen molar-refractivity contribution >= 4 is 27.0 Å². The summed E-state index contributed by atoms with van der Waals surface area (Å²) in [5, 5.41) is 11.7. The maximum Gasteiger partial charge on any atom is 0.261 e. The summed E-state index contributed by atoms with van der Waals surface area (Å²) in [5.41, 5.74) is 3.50. The molecule has 0 radical (unpaired) electrons. The lowest BCUT2D eigenvalue weighted by Gasteiger charge is -2.09. The van der Waals surface area contributed by atoms with E-state index >= 15 is 0 Å². The van der Waals surface area contributed by atoms with Gasteiger partial charge in [0.25, 0.3) is 10.0 Å². The SMILES string of the molecule is N#Cc1ccc(S(=O)(=O)Nc2cccc(-c3csc(-c4ccccc4)n3)c2)cc1. The number of aromatic nitrogens is 1. The van der Waals surface area contributed by atoms with Crippen LogP contribution in [0.3, 0.4) is 0 Å². The number of hydrogen-bond acceptors (Lipinski definition) is 5. The Morgan fingerprint density at radius 3 is 2.34 bits per heavy atom. The van der Waals surface area contributed by atoms with Gasteiger partial charge in [-0.1, -0.05) is 42.5 Å². The summed E-state index contributed by atoms with van der Waals surface area (Å²) in [6.45, 7) is 0. The van der Waals surface area contributed by atoms with Gasteiger partial charge in [0.2, 0.25) is 0 Å². The Kier molecular flexibility index (Phi) is 5.12. The first-order chi connectivity index (χ1) is 14.0. The average molecular weight is 418 g/mol. The molecule has 0 amide bonds. The molecule has 0 aliphatic heterocycles. The third kappa shape index (κ3) is 4.19. The molecule has 29 heavy (non-hydrogen) atoms. The Balaban J connectivity index is 1.59. The summed E-state index contributed by atoms with van der Waals surface area (Å²) in [6, 6.07) is 24.8. The number of rotatable bonds is 5. The van der Waals surface area contributed by atoms with Gasteiger partial charge < -0.3 is 0 Å². The van der Waals surface area contributed by atoms with E-state index in [0.29, 0.717) is 11.3 Å². The van der Waals surface area contributed by atoms with E-state index in [1.807, 2.05) is 47.8 Å². The maximum absolute atomic E-state index is 12.6. The van der Waals surface area contributed by atoms with E-state index in [1.54, 1.807) is 29.5 Å². The van der Waals surface area contributed by atoms with Gasteiger partial charge in [0.15, 0.2) is 0 Å². The van der Waals surface area contributed by atoms with Gasteiger partial charge >= 0.3 is 0 Å². The molecule has 0 unspecified atom stereocenters. The second kappa shape index (κ2) is 7.87. The van der Waals surface area contributed by atoms with Gasteiger partial charge in [-0.2, -0.15) is 5.26 Å². The van der Waals surface area contributed by atoms with Crippen molar-refractivity contribution < 1.29 is 8.42 Å². The highest BCUT2D eigenvalue weighted by atomic mass is 32.2. The van der Waals surface area contributed by atoms with Crippen molar-refractivity contribution in [3.8, 4) is 27.9 Å². The van der Waals surface area contributed by atoms with Gasteiger partial charge in [0.1, 0.15) is 5.01 Å². The van der Waals surface area contributed by atoms with Crippen LogP contribution in [0.15, 0.2) is 89.1 Å². The fourth-order valence-electron chi connectivity index (χ4n) is 2.78. The summed E-state index contributed by atoms with van der Waals surface area (Å²) in [6.07, 6.45) is 0. The molecule has 0 fully saturated rings. The molecule has 3 aromatic carbocycles. The van der Waals surface area contributed by atoms with Crippen LogP contribution in [0.4, 0.5) is 5.69 Å². The molecule has 1 heterocycles. The van der Waals surface area contributed by atoms with Crippen LogP contribution < -0.4 is 4.72 Å². The first-order valence-electron chi connectivity index (χ1n) is 8.69. The Hall–Kier alpha value is -3.47. The molecular weight excluding hydrogens is 402 g/mol. The van der Waals surface area contributed by atoms with E-state index in [1.165, 1.54) is 24.3 Å². The van der Waals surface area contributed by atoms with Crippen molar-refractivity contribution in [1.82, 2.24) is 4.98 Å². The molecule has 0 aliphatic carbocycles. The van der Waals surface area contributed by atoms with E-state index in [9.17, 15) is 8.42 Å².